The Morgan fingerprint density at radius 1 is 1.50 bits per heavy atom. The summed E-state index contributed by atoms with van der Waals surface area (Å²) in [6.45, 7) is 5.15. The van der Waals surface area contributed by atoms with Crippen LogP contribution < -0.4 is 5.32 Å². The molecule has 1 rings (SSSR count). The van der Waals surface area contributed by atoms with E-state index in [1.807, 2.05) is 7.05 Å². The molecule has 14 heavy (non-hydrogen) atoms. The molecule has 0 aliphatic rings. The highest BCUT2D eigenvalue weighted by Gasteiger charge is 2.08. The van der Waals surface area contributed by atoms with Gasteiger partial charge in [-0.3, -0.25) is 4.90 Å². The second-order valence-electron chi connectivity index (χ2n) is 3.34. The lowest BCUT2D eigenvalue weighted by molar-refractivity contribution is 0.330. The Hall–Kier alpha value is -0.520. The van der Waals surface area contributed by atoms with E-state index in [0.717, 1.165) is 31.7 Å². The number of hydrogen-bond acceptors (Lipinski definition) is 5. The fraction of sp³-hybridized carbons (Fsp3) is 0.778. The van der Waals surface area contributed by atoms with E-state index in [4.69, 9.17) is 0 Å². The maximum absolute atomic E-state index is 4.09. The molecular weight excluding hydrogens is 196 g/mol. The van der Waals surface area contributed by atoms with Gasteiger partial charge in [0.1, 0.15) is 0 Å². The van der Waals surface area contributed by atoms with E-state index in [2.05, 4.69) is 33.8 Å². The summed E-state index contributed by atoms with van der Waals surface area (Å²) >= 11 is 1.51. The van der Waals surface area contributed by atoms with Crippen molar-refractivity contribution in [3.63, 3.8) is 0 Å². The summed E-state index contributed by atoms with van der Waals surface area (Å²) in [5.41, 5.74) is 1.14. The first-order valence-corrected chi connectivity index (χ1v) is 5.68. The van der Waals surface area contributed by atoms with Crippen molar-refractivity contribution in [3.8, 4) is 0 Å². The lowest BCUT2D eigenvalue weighted by Gasteiger charge is -2.14. The highest BCUT2D eigenvalue weighted by atomic mass is 32.1. The minimum absolute atomic E-state index is 0.961. The number of nitrogens with zero attached hydrogens (tertiary/aromatic N) is 3. The number of likely N-dealkylation sites (N-methyl/N-ethyl adjacent to an activating group) is 2. The molecule has 0 bridgehead atoms. The van der Waals surface area contributed by atoms with Crippen molar-refractivity contribution in [3.05, 3.63) is 10.6 Å². The van der Waals surface area contributed by atoms with E-state index in [1.165, 1.54) is 16.4 Å². The van der Waals surface area contributed by atoms with Crippen LogP contribution in [0.15, 0.2) is 0 Å². The molecule has 4 nitrogen and oxygen atoms in total. The number of aromatic nitrogens is 2. The molecule has 0 radical (unpaired) electrons. The third-order valence-corrected chi connectivity index (χ3v) is 2.87. The third-order valence-electron chi connectivity index (χ3n) is 2.13. The van der Waals surface area contributed by atoms with Crippen LogP contribution in [-0.2, 0) is 13.0 Å². The molecule has 80 valence electrons. The van der Waals surface area contributed by atoms with Crippen LogP contribution >= 0.6 is 11.5 Å². The van der Waals surface area contributed by atoms with Gasteiger partial charge in [-0.05, 0) is 32.0 Å². The molecular formula is C9H18N4S. The first kappa shape index (κ1) is 11.6. The zero-order valence-corrected chi connectivity index (χ0v) is 9.89. The molecule has 0 fully saturated rings. The minimum atomic E-state index is 0.961. The molecule has 0 unspecified atom stereocenters. The second-order valence-corrected chi connectivity index (χ2v) is 4.18. The van der Waals surface area contributed by atoms with Gasteiger partial charge in [0, 0.05) is 19.6 Å². The third kappa shape index (κ3) is 3.32. The normalized spacial score (nSPS) is 11.1. The van der Waals surface area contributed by atoms with Gasteiger partial charge in [-0.25, -0.2) is 0 Å². The Kier molecular flexibility index (Phi) is 5.00. The number of nitrogens with one attached hydrogen (secondary N) is 1. The maximum atomic E-state index is 4.09. The molecule has 1 aromatic heterocycles. The van der Waals surface area contributed by atoms with Crippen molar-refractivity contribution in [1.29, 1.82) is 0 Å². The Labute approximate surface area is 89.5 Å². The smallest absolute Gasteiger partial charge is 0.0798 e. The Morgan fingerprint density at radius 2 is 2.29 bits per heavy atom. The van der Waals surface area contributed by atoms with Gasteiger partial charge in [0.15, 0.2) is 0 Å². The fourth-order valence-electron chi connectivity index (χ4n) is 1.24. The highest BCUT2D eigenvalue weighted by molar-refractivity contribution is 7.05. The fourth-order valence-corrected chi connectivity index (χ4v) is 2.05. The summed E-state index contributed by atoms with van der Waals surface area (Å²) in [5, 5.41) is 7.23. The average Bonchev–Trinajstić information content (AvgIpc) is 2.62. The zero-order valence-electron chi connectivity index (χ0n) is 9.08. The van der Waals surface area contributed by atoms with Crippen LogP contribution in [0.1, 0.15) is 17.5 Å². The van der Waals surface area contributed by atoms with Crippen molar-refractivity contribution in [2.75, 3.05) is 27.2 Å². The first-order chi connectivity index (χ1) is 6.77. The molecule has 0 amide bonds. The highest BCUT2D eigenvalue weighted by Crippen LogP contribution is 2.12. The van der Waals surface area contributed by atoms with Gasteiger partial charge >= 0.3 is 0 Å². The summed E-state index contributed by atoms with van der Waals surface area (Å²) in [5.74, 6) is 0. The zero-order chi connectivity index (χ0) is 10.4. The van der Waals surface area contributed by atoms with Crippen molar-refractivity contribution >= 4 is 11.5 Å². The Morgan fingerprint density at radius 3 is 2.93 bits per heavy atom. The Balaban J connectivity index is 2.42. The molecule has 0 aliphatic heterocycles. The average molecular weight is 214 g/mol. The molecule has 0 atom stereocenters. The molecule has 0 saturated carbocycles. The van der Waals surface area contributed by atoms with Crippen molar-refractivity contribution in [1.82, 2.24) is 19.8 Å². The Bertz CT molecular complexity index is 261. The molecule has 1 aromatic rings. The van der Waals surface area contributed by atoms with Gasteiger partial charge in [0.2, 0.25) is 0 Å². The van der Waals surface area contributed by atoms with E-state index in [-0.39, 0.29) is 0 Å². The van der Waals surface area contributed by atoms with Gasteiger partial charge in [0.05, 0.1) is 10.6 Å². The lowest BCUT2D eigenvalue weighted by atomic mass is 10.3. The van der Waals surface area contributed by atoms with Gasteiger partial charge in [-0.15, -0.1) is 5.10 Å². The summed E-state index contributed by atoms with van der Waals surface area (Å²) in [6, 6.07) is 0. The van der Waals surface area contributed by atoms with Crippen LogP contribution in [0.3, 0.4) is 0 Å². The maximum Gasteiger partial charge on any atom is 0.0798 e. The summed E-state index contributed by atoms with van der Waals surface area (Å²) in [6.07, 6.45) is 0.978. The molecule has 1 heterocycles. The van der Waals surface area contributed by atoms with Crippen LogP contribution in [0.4, 0.5) is 0 Å². The van der Waals surface area contributed by atoms with Gasteiger partial charge in [-0.2, -0.15) is 0 Å². The standard InChI is InChI=1S/C9H18N4S/c1-4-8-9(14-12-11-8)7-13(3)6-5-10-2/h10H,4-7H2,1-3H3. The van der Waals surface area contributed by atoms with Crippen LogP contribution in [0.2, 0.25) is 0 Å². The van der Waals surface area contributed by atoms with E-state index < -0.39 is 0 Å². The predicted molar refractivity (Wildman–Crippen MR) is 59.5 cm³/mol. The molecule has 0 saturated heterocycles. The summed E-state index contributed by atoms with van der Waals surface area (Å²) in [4.78, 5) is 3.58. The minimum Gasteiger partial charge on any atom is -0.318 e. The molecule has 0 aliphatic carbocycles. The molecule has 5 heteroatoms. The largest absolute Gasteiger partial charge is 0.318 e. The van der Waals surface area contributed by atoms with Crippen molar-refractivity contribution < 1.29 is 0 Å². The van der Waals surface area contributed by atoms with Gasteiger partial charge < -0.3 is 5.32 Å². The first-order valence-electron chi connectivity index (χ1n) is 4.91. The summed E-state index contributed by atoms with van der Waals surface area (Å²) < 4.78 is 3.98. The molecule has 0 aromatic carbocycles. The van der Waals surface area contributed by atoms with Crippen molar-refractivity contribution in [2.45, 2.75) is 19.9 Å². The monoisotopic (exact) mass is 214 g/mol. The van der Waals surface area contributed by atoms with Gasteiger partial charge in [0.25, 0.3) is 0 Å². The van der Waals surface area contributed by atoms with E-state index >= 15 is 0 Å². The van der Waals surface area contributed by atoms with E-state index in [1.54, 1.807) is 0 Å². The number of aryl methyl sites for hydroxylation is 1. The van der Waals surface area contributed by atoms with Crippen LogP contribution in [-0.4, -0.2) is 41.7 Å². The summed E-state index contributed by atoms with van der Waals surface area (Å²) in [7, 11) is 4.09. The van der Waals surface area contributed by atoms with Gasteiger partial charge in [-0.1, -0.05) is 11.4 Å². The van der Waals surface area contributed by atoms with Crippen molar-refractivity contribution in [2.24, 2.45) is 0 Å². The predicted octanol–water partition coefficient (Wildman–Crippen LogP) is 0.752. The lowest BCUT2D eigenvalue weighted by Crippen LogP contribution is -2.26. The molecule has 1 N–H and O–H groups in total. The van der Waals surface area contributed by atoms with Crippen LogP contribution in [0.25, 0.3) is 0 Å². The second kappa shape index (κ2) is 6.06. The molecule has 0 spiro atoms. The quantitative estimate of drug-likeness (QED) is 0.759. The topological polar surface area (TPSA) is 41.1 Å². The van der Waals surface area contributed by atoms with E-state index in [9.17, 15) is 0 Å². The number of rotatable bonds is 6. The van der Waals surface area contributed by atoms with Crippen LogP contribution in [0, 0.1) is 0 Å². The SMILES string of the molecule is CCc1nnsc1CN(C)CCNC. The van der Waals surface area contributed by atoms with Crippen LogP contribution in [0.5, 0.6) is 0 Å². The van der Waals surface area contributed by atoms with E-state index in [0.29, 0.717) is 0 Å². The number of hydrogen-bond donors (Lipinski definition) is 1.